The van der Waals surface area contributed by atoms with Crippen molar-refractivity contribution in [2.24, 2.45) is 0 Å². The van der Waals surface area contributed by atoms with Gasteiger partial charge in [-0.3, -0.25) is 10.2 Å². The molecule has 1 fully saturated rings. The number of carbonyl (C=O) groups excluding carboxylic acids is 1. The summed E-state index contributed by atoms with van der Waals surface area (Å²) < 4.78 is 17.3. The molecule has 1 aliphatic heterocycles. The maximum atomic E-state index is 12.7. The van der Waals surface area contributed by atoms with Gasteiger partial charge in [0.15, 0.2) is 11.5 Å². The number of nitrogens with zero attached hydrogens (tertiary/aromatic N) is 2. The van der Waals surface area contributed by atoms with Crippen molar-refractivity contribution in [3.63, 3.8) is 0 Å². The van der Waals surface area contributed by atoms with Gasteiger partial charge in [-0.25, -0.2) is 5.01 Å². The zero-order valence-electron chi connectivity index (χ0n) is 25.3. The summed E-state index contributed by atoms with van der Waals surface area (Å²) in [4.78, 5) is 15.0. The lowest BCUT2D eigenvalue weighted by molar-refractivity contribution is -0.121. The van der Waals surface area contributed by atoms with E-state index in [1.54, 1.807) is 26.4 Å². The molecular formula is C33H49N3O4. The van der Waals surface area contributed by atoms with Crippen LogP contribution in [0.15, 0.2) is 36.4 Å². The summed E-state index contributed by atoms with van der Waals surface area (Å²) >= 11 is 0. The van der Waals surface area contributed by atoms with Crippen LogP contribution in [0.5, 0.6) is 17.2 Å². The predicted molar refractivity (Wildman–Crippen MR) is 165 cm³/mol. The molecule has 0 bridgehead atoms. The third kappa shape index (κ3) is 10.1. The Hall–Kier alpha value is -3.19. The van der Waals surface area contributed by atoms with Gasteiger partial charge in [-0.05, 0) is 67.3 Å². The van der Waals surface area contributed by atoms with Crippen LogP contribution >= 0.6 is 0 Å². The van der Waals surface area contributed by atoms with Crippen molar-refractivity contribution >= 4 is 17.7 Å². The first-order valence-corrected chi connectivity index (χ1v) is 14.9. The number of aryl methyl sites for hydroxylation is 2. The Labute approximate surface area is 241 Å². The Morgan fingerprint density at radius 1 is 0.825 bits per heavy atom. The zero-order valence-corrected chi connectivity index (χ0v) is 25.3. The molecule has 7 nitrogen and oxygen atoms in total. The van der Waals surface area contributed by atoms with Crippen molar-refractivity contribution in [1.82, 2.24) is 10.4 Å². The van der Waals surface area contributed by atoms with Crippen molar-refractivity contribution in [3.8, 4) is 17.2 Å². The van der Waals surface area contributed by atoms with Gasteiger partial charge in [0, 0.05) is 37.9 Å². The van der Waals surface area contributed by atoms with Crippen LogP contribution in [0.25, 0.3) is 6.08 Å². The lowest BCUT2D eigenvalue weighted by atomic mass is 10.1. The third-order valence-corrected chi connectivity index (χ3v) is 7.27. The highest BCUT2D eigenvalue weighted by Gasteiger charge is 2.19. The summed E-state index contributed by atoms with van der Waals surface area (Å²) in [5.41, 5.74) is 7.60. The van der Waals surface area contributed by atoms with E-state index in [0.29, 0.717) is 23.9 Å². The monoisotopic (exact) mass is 551 g/mol. The molecule has 1 heterocycles. The number of hydrogen-bond donors (Lipinski definition) is 1. The number of amides is 1. The summed E-state index contributed by atoms with van der Waals surface area (Å²) in [6, 6.07) is 10.4. The normalized spacial score (nSPS) is 14.0. The fourth-order valence-corrected chi connectivity index (χ4v) is 5.12. The second kappa shape index (κ2) is 16.8. The second-order valence-electron chi connectivity index (χ2n) is 10.7. The van der Waals surface area contributed by atoms with Crippen molar-refractivity contribution in [3.05, 3.63) is 53.1 Å². The standard InChI is InChI=1S/C33H49N3O4/c1-6-7-8-9-10-11-12-13-20-40-33-30(38-4)24-28(25-31(33)39-5)14-15-32(37)34-36-18-16-35(17-19-36)29-22-26(2)21-27(3)23-29/h14-15,21-25H,6-13,16-20H2,1-5H3,(H,34,37). The van der Waals surface area contributed by atoms with E-state index >= 15 is 0 Å². The largest absolute Gasteiger partial charge is 0.493 e. The predicted octanol–water partition coefficient (Wildman–Crippen LogP) is 6.71. The number of hydrogen-bond acceptors (Lipinski definition) is 6. The third-order valence-electron chi connectivity index (χ3n) is 7.27. The number of rotatable bonds is 16. The molecule has 0 atom stereocenters. The van der Waals surface area contributed by atoms with E-state index in [1.165, 1.54) is 55.3 Å². The van der Waals surface area contributed by atoms with Gasteiger partial charge in [-0.2, -0.15) is 0 Å². The minimum atomic E-state index is -0.159. The highest BCUT2D eigenvalue weighted by atomic mass is 16.5. The number of piperazine rings is 1. The van der Waals surface area contributed by atoms with Crippen molar-refractivity contribution < 1.29 is 19.0 Å². The van der Waals surface area contributed by atoms with E-state index < -0.39 is 0 Å². The number of hydrazine groups is 1. The van der Waals surface area contributed by atoms with Crippen LogP contribution < -0.4 is 24.5 Å². The van der Waals surface area contributed by atoms with Gasteiger partial charge >= 0.3 is 0 Å². The molecular weight excluding hydrogens is 502 g/mol. The first-order chi connectivity index (χ1) is 19.4. The van der Waals surface area contributed by atoms with Crippen LogP contribution in [0.1, 0.15) is 75.0 Å². The van der Waals surface area contributed by atoms with Crippen LogP contribution in [-0.4, -0.2) is 57.9 Å². The maximum Gasteiger partial charge on any atom is 0.258 e. The summed E-state index contributed by atoms with van der Waals surface area (Å²) in [7, 11) is 3.24. The number of carbonyl (C=O) groups is 1. The number of anilines is 1. The minimum absolute atomic E-state index is 0.159. The first-order valence-electron chi connectivity index (χ1n) is 14.9. The van der Waals surface area contributed by atoms with Crippen LogP contribution in [0.2, 0.25) is 0 Å². The number of nitrogens with one attached hydrogen (secondary N) is 1. The molecule has 2 aromatic carbocycles. The molecule has 0 unspecified atom stereocenters. The molecule has 1 N–H and O–H groups in total. The van der Waals surface area contributed by atoms with Gasteiger partial charge < -0.3 is 19.1 Å². The Morgan fingerprint density at radius 2 is 1.40 bits per heavy atom. The highest BCUT2D eigenvalue weighted by molar-refractivity contribution is 5.91. The summed E-state index contributed by atoms with van der Waals surface area (Å²) in [6.45, 7) is 10.4. The van der Waals surface area contributed by atoms with Crippen LogP contribution in [0, 0.1) is 13.8 Å². The smallest absolute Gasteiger partial charge is 0.258 e. The molecule has 1 aliphatic rings. The molecule has 1 saturated heterocycles. The van der Waals surface area contributed by atoms with E-state index in [4.69, 9.17) is 14.2 Å². The summed E-state index contributed by atoms with van der Waals surface area (Å²) in [6.07, 6.45) is 13.3. The van der Waals surface area contributed by atoms with Crippen LogP contribution in [-0.2, 0) is 4.79 Å². The maximum absolute atomic E-state index is 12.7. The molecule has 40 heavy (non-hydrogen) atoms. The fourth-order valence-electron chi connectivity index (χ4n) is 5.12. The molecule has 0 aromatic heterocycles. The van der Waals surface area contributed by atoms with Gasteiger partial charge in [0.05, 0.1) is 20.8 Å². The lowest BCUT2D eigenvalue weighted by Crippen LogP contribution is -2.53. The van der Waals surface area contributed by atoms with Crippen molar-refractivity contribution in [2.45, 2.75) is 72.1 Å². The van der Waals surface area contributed by atoms with Crippen molar-refractivity contribution in [1.29, 1.82) is 0 Å². The lowest BCUT2D eigenvalue weighted by Gasteiger charge is -2.36. The highest BCUT2D eigenvalue weighted by Crippen LogP contribution is 2.39. The molecule has 0 saturated carbocycles. The minimum Gasteiger partial charge on any atom is -0.493 e. The Kier molecular flexibility index (Phi) is 13.2. The Balaban J connectivity index is 1.47. The molecule has 1 amide bonds. The molecule has 0 aliphatic carbocycles. The van der Waals surface area contributed by atoms with Gasteiger partial charge in [-0.15, -0.1) is 0 Å². The van der Waals surface area contributed by atoms with E-state index in [0.717, 1.165) is 44.6 Å². The van der Waals surface area contributed by atoms with E-state index in [2.05, 4.69) is 49.3 Å². The molecule has 3 rings (SSSR count). The Morgan fingerprint density at radius 3 is 1.98 bits per heavy atom. The Bertz CT molecular complexity index is 1050. The second-order valence-corrected chi connectivity index (χ2v) is 10.7. The molecule has 220 valence electrons. The topological polar surface area (TPSA) is 63.3 Å². The molecule has 0 spiro atoms. The number of ether oxygens (including phenoxy) is 3. The molecule has 7 heteroatoms. The summed E-state index contributed by atoms with van der Waals surface area (Å²) in [5, 5.41) is 1.98. The number of benzene rings is 2. The average molecular weight is 552 g/mol. The molecule has 0 radical (unpaired) electrons. The molecule has 2 aromatic rings. The van der Waals surface area contributed by atoms with Gasteiger partial charge in [0.25, 0.3) is 5.91 Å². The average Bonchev–Trinajstić information content (AvgIpc) is 2.95. The number of unbranched alkanes of at least 4 members (excludes halogenated alkanes) is 7. The van der Waals surface area contributed by atoms with Gasteiger partial charge in [-0.1, -0.05) is 57.9 Å². The van der Waals surface area contributed by atoms with Crippen LogP contribution in [0.3, 0.4) is 0 Å². The zero-order chi connectivity index (χ0) is 28.7. The first kappa shape index (κ1) is 31.3. The van der Waals surface area contributed by atoms with Gasteiger partial charge in [0.1, 0.15) is 0 Å². The quantitative estimate of drug-likeness (QED) is 0.185. The van der Waals surface area contributed by atoms with Crippen LogP contribution in [0.4, 0.5) is 5.69 Å². The van der Waals surface area contributed by atoms with E-state index in [1.807, 2.05) is 17.1 Å². The number of methoxy groups -OCH3 is 2. The van der Waals surface area contributed by atoms with E-state index in [-0.39, 0.29) is 5.91 Å². The SMILES string of the molecule is CCCCCCCCCCOc1c(OC)cc(C=CC(=O)NN2CCN(c3cc(C)cc(C)c3)CC2)cc1OC. The van der Waals surface area contributed by atoms with E-state index in [9.17, 15) is 4.79 Å². The summed E-state index contributed by atoms with van der Waals surface area (Å²) in [5.74, 6) is 1.65. The van der Waals surface area contributed by atoms with Gasteiger partial charge in [0.2, 0.25) is 5.75 Å². The van der Waals surface area contributed by atoms with Crippen molar-refractivity contribution in [2.75, 3.05) is 51.9 Å². The fraction of sp³-hybridized carbons (Fsp3) is 0.545.